The molecule has 0 unspecified atom stereocenters. The number of piperazine rings is 1. The lowest BCUT2D eigenvalue weighted by Gasteiger charge is -2.35. The number of halogens is 1. The van der Waals surface area contributed by atoms with Gasteiger partial charge in [-0.05, 0) is 48.9 Å². The molecular weight excluding hydrogens is 398 g/mol. The molecular formula is C20H24ClN3O3S. The maximum atomic E-state index is 12.6. The number of hydrogen-bond acceptors (Lipinski definition) is 4. The van der Waals surface area contributed by atoms with E-state index in [2.05, 4.69) is 16.3 Å². The first-order valence-corrected chi connectivity index (χ1v) is 11.2. The Bertz CT molecular complexity index is 924. The van der Waals surface area contributed by atoms with Gasteiger partial charge < -0.3 is 10.2 Å². The minimum Gasteiger partial charge on any atom is -0.369 e. The standard InChI is InChI=1S/C20H24ClN3O3S/c1-16-3-2-4-19(15-16)23-10-12-24(13-11-23)28(26,27)14-9-22-20(25)17-5-7-18(21)8-6-17/h2-8,15H,9-14H2,1H3,(H,22,25). The van der Waals surface area contributed by atoms with Crippen LogP contribution in [0.15, 0.2) is 48.5 Å². The van der Waals surface area contributed by atoms with Crippen LogP contribution >= 0.6 is 11.6 Å². The molecule has 0 spiro atoms. The highest BCUT2D eigenvalue weighted by molar-refractivity contribution is 7.89. The minimum atomic E-state index is -3.41. The summed E-state index contributed by atoms with van der Waals surface area (Å²) in [5.74, 6) is -0.423. The van der Waals surface area contributed by atoms with Crippen molar-refractivity contribution in [1.29, 1.82) is 0 Å². The van der Waals surface area contributed by atoms with E-state index in [1.54, 1.807) is 24.3 Å². The summed E-state index contributed by atoms with van der Waals surface area (Å²) in [6, 6.07) is 14.7. The second-order valence-electron chi connectivity index (χ2n) is 6.80. The van der Waals surface area contributed by atoms with E-state index in [9.17, 15) is 13.2 Å². The third-order valence-corrected chi connectivity index (χ3v) is 6.87. The quantitative estimate of drug-likeness (QED) is 0.778. The molecule has 6 nitrogen and oxygen atoms in total. The third kappa shape index (κ3) is 5.25. The summed E-state index contributed by atoms with van der Waals surface area (Å²) in [5.41, 5.74) is 2.75. The Hall–Kier alpha value is -2.09. The van der Waals surface area contributed by atoms with E-state index in [1.165, 1.54) is 9.87 Å². The van der Waals surface area contributed by atoms with E-state index in [-0.39, 0.29) is 18.2 Å². The van der Waals surface area contributed by atoms with Crippen LogP contribution in [-0.2, 0) is 10.0 Å². The van der Waals surface area contributed by atoms with Crippen molar-refractivity contribution in [3.8, 4) is 0 Å². The van der Waals surface area contributed by atoms with Gasteiger partial charge in [0.2, 0.25) is 10.0 Å². The third-order valence-electron chi connectivity index (χ3n) is 4.75. The molecule has 3 rings (SSSR count). The van der Waals surface area contributed by atoms with Crippen LogP contribution in [0.3, 0.4) is 0 Å². The van der Waals surface area contributed by atoms with Crippen LogP contribution < -0.4 is 10.2 Å². The molecule has 1 aliphatic rings. The molecule has 1 N–H and O–H groups in total. The van der Waals surface area contributed by atoms with Crippen LogP contribution in [0.4, 0.5) is 5.69 Å². The van der Waals surface area contributed by atoms with Crippen LogP contribution in [0.1, 0.15) is 15.9 Å². The number of aryl methyl sites for hydroxylation is 1. The molecule has 0 bridgehead atoms. The van der Waals surface area contributed by atoms with Gasteiger partial charge in [-0.25, -0.2) is 8.42 Å². The van der Waals surface area contributed by atoms with Crippen LogP contribution in [0.25, 0.3) is 0 Å². The first-order valence-electron chi connectivity index (χ1n) is 9.18. The lowest BCUT2D eigenvalue weighted by atomic mass is 10.2. The van der Waals surface area contributed by atoms with Gasteiger partial charge in [0.05, 0.1) is 5.75 Å². The smallest absolute Gasteiger partial charge is 0.251 e. The molecule has 1 amide bonds. The summed E-state index contributed by atoms with van der Waals surface area (Å²) in [6.45, 7) is 4.31. The van der Waals surface area contributed by atoms with Gasteiger partial charge in [0.25, 0.3) is 5.91 Å². The average Bonchev–Trinajstić information content (AvgIpc) is 2.68. The Kier molecular flexibility index (Phi) is 6.59. The van der Waals surface area contributed by atoms with Crippen LogP contribution in [0, 0.1) is 6.92 Å². The Morgan fingerprint density at radius 1 is 1.07 bits per heavy atom. The van der Waals surface area contributed by atoms with Gasteiger partial charge in [0.15, 0.2) is 0 Å². The molecule has 1 fully saturated rings. The van der Waals surface area contributed by atoms with Crippen molar-refractivity contribution in [2.24, 2.45) is 0 Å². The van der Waals surface area contributed by atoms with Crippen molar-refractivity contribution >= 4 is 33.2 Å². The Morgan fingerprint density at radius 2 is 1.75 bits per heavy atom. The van der Waals surface area contributed by atoms with Crippen molar-refractivity contribution in [2.75, 3.05) is 43.4 Å². The van der Waals surface area contributed by atoms with Gasteiger partial charge in [-0.3, -0.25) is 4.79 Å². The van der Waals surface area contributed by atoms with Crippen molar-refractivity contribution in [1.82, 2.24) is 9.62 Å². The first kappa shape index (κ1) is 20.6. The molecule has 2 aromatic rings. The number of amides is 1. The molecule has 0 radical (unpaired) electrons. The number of rotatable bonds is 6. The summed E-state index contributed by atoms with van der Waals surface area (Å²) in [4.78, 5) is 14.3. The van der Waals surface area contributed by atoms with Crippen LogP contribution in [-0.4, -0.2) is 57.1 Å². The first-order chi connectivity index (χ1) is 13.3. The fraction of sp³-hybridized carbons (Fsp3) is 0.350. The van der Waals surface area contributed by atoms with Gasteiger partial charge in [0.1, 0.15) is 0 Å². The zero-order chi connectivity index (χ0) is 20.1. The number of benzene rings is 2. The lowest BCUT2D eigenvalue weighted by Crippen LogP contribution is -2.50. The van der Waals surface area contributed by atoms with E-state index >= 15 is 0 Å². The lowest BCUT2D eigenvalue weighted by molar-refractivity contribution is 0.0956. The van der Waals surface area contributed by atoms with E-state index in [0.717, 1.165) is 5.69 Å². The topological polar surface area (TPSA) is 69.7 Å². The van der Waals surface area contributed by atoms with Crippen LogP contribution in [0.2, 0.25) is 5.02 Å². The number of nitrogens with zero attached hydrogens (tertiary/aromatic N) is 2. The highest BCUT2D eigenvalue weighted by atomic mass is 35.5. The van der Waals surface area contributed by atoms with Gasteiger partial charge >= 0.3 is 0 Å². The second kappa shape index (κ2) is 8.94. The maximum Gasteiger partial charge on any atom is 0.251 e. The van der Waals surface area contributed by atoms with Crippen molar-refractivity contribution < 1.29 is 13.2 Å². The molecule has 1 saturated heterocycles. The number of sulfonamides is 1. The highest BCUT2D eigenvalue weighted by Crippen LogP contribution is 2.19. The van der Waals surface area contributed by atoms with E-state index in [4.69, 9.17) is 11.6 Å². The van der Waals surface area contributed by atoms with E-state index < -0.39 is 10.0 Å². The van der Waals surface area contributed by atoms with Gasteiger partial charge in [-0.15, -0.1) is 0 Å². The summed E-state index contributed by atoms with van der Waals surface area (Å²) < 4.78 is 26.7. The SMILES string of the molecule is Cc1cccc(N2CCN(S(=O)(=O)CCNC(=O)c3ccc(Cl)cc3)CC2)c1. The predicted molar refractivity (Wildman–Crippen MR) is 113 cm³/mol. The second-order valence-corrected chi connectivity index (χ2v) is 9.33. The van der Waals surface area contributed by atoms with Gasteiger partial charge in [-0.2, -0.15) is 4.31 Å². The van der Waals surface area contributed by atoms with Crippen molar-refractivity contribution in [3.05, 3.63) is 64.7 Å². The summed E-state index contributed by atoms with van der Waals surface area (Å²) >= 11 is 5.80. The van der Waals surface area contributed by atoms with Crippen molar-refractivity contribution in [3.63, 3.8) is 0 Å². The predicted octanol–water partition coefficient (Wildman–Crippen LogP) is 2.53. The number of nitrogens with one attached hydrogen (secondary N) is 1. The number of hydrogen-bond donors (Lipinski definition) is 1. The van der Waals surface area contributed by atoms with E-state index in [0.29, 0.717) is 36.8 Å². The molecule has 0 atom stereocenters. The summed E-state index contributed by atoms with van der Waals surface area (Å²) in [7, 11) is -3.41. The normalized spacial score (nSPS) is 15.4. The summed E-state index contributed by atoms with van der Waals surface area (Å²) in [6.07, 6.45) is 0. The molecule has 28 heavy (non-hydrogen) atoms. The molecule has 150 valence electrons. The zero-order valence-corrected chi connectivity index (χ0v) is 17.3. The zero-order valence-electron chi connectivity index (χ0n) is 15.8. The van der Waals surface area contributed by atoms with Gasteiger partial charge in [-0.1, -0.05) is 23.7 Å². The largest absolute Gasteiger partial charge is 0.369 e. The summed E-state index contributed by atoms with van der Waals surface area (Å²) in [5, 5.41) is 3.20. The van der Waals surface area contributed by atoms with E-state index in [1.807, 2.05) is 25.1 Å². The van der Waals surface area contributed by atoms with Crippen LogP contribution in [0.5, 0.6) is 0 Å². The number of carbonyl (C=O) groups excluding carboxylic acids is 1. The Morgan fingerprint density at radius 3 is 2.39 bits per heavy atom. The number of anilines is 1. The molecule has 0 aromatic heterocycles. The molecule has 1 aliphatic heterocycles. The molecule has 1 heterocycles. The number of carbonyl (C=O) groups is 1. The van der Waals surface area contributed by atoms with Gasteiger partial charge in [0, 0.05) is 49.0 Å². The minimum absolute atomic E-state index is 0.0713. The Balaban J connectivity index is 1.49. The molecule has 8 heteroatoms. The Labute approximate surface area is 171 Å². The molecule has 2 aromatic carbocycles. The average molecular weight is 422 g/mol. The fourth-order valence-corrected chi connectivity index (χ4v) is 4.64. The molecule has 0 aliphatic carbocycles. The highest BCUT2D eigenvalue weighted by Gasteiger charge is 2.26. The maximum absolute atomic E-state index is 12.6. The molecule has 0 saturated carbocycles. The monoisotopic (exact) mass is 421 g/mol. The van der Waals surface area contributed by atoms with Crippen molar-refractivity contribution in [2.45, 2.75) is 6.92 Å². The fourth-order valence-electron chi connectivity index (χ4n) is 3.18.